The summed E-state index contributed by atoms with van der Waals surface area (Å²) >= 11 is 0. The molecule has 0 aliphatic carbocycles. The summed E-state index contributed by atoms with van der Waals surface area (Å²) in [5.41, 5.74) is 1.52. The van der Waals surface area contributed by atoms with Gasteiger partial charge in [0.05, 0.1) is 32.1 Å². The molecule has 0 bridgehead atoms. The van der Waals surface area contributed by atoms with Gasteiger partial charge in [-0.15, -0.1) is 5.10 Å². The number of halogens is 2. The van der Waals surface area contributed by atoms with E-state index in [1.165, 1.54) is 31.0 Å². The van der Waals surface area contributed by atoms with Gasteiger partial charge in [-0.1, -0.05) is 6.07 Å². The Morgan fingerprint density at radius 2 is 1.72 bits per heavy atom. The Morgan fingerprint density at radius 3 is 2.33 bits per heavy atom. The van der Waals surface area contributed by atoms with Crippen molar-refractivity contribution < 1.29 is 23.1 Å². The van der Waals surface area contributed by atoms with E-state index in [-0.39, 0.29) is 29.0 Å². The number of carbonyl (C=O) groups excluding carboxylic acids is 1. The highest BCUT2D eigenvalue weighted by Crippen LogP contribution is 2.24. The summed E-state index contributed by atoms with van der Waals surface area (Å²) in [4.78, 5) is 49.1. The number of fused-ring (bicyclic) bond motifs is 1. The number of aromatic nitrogens is 5. The van der Waals surface area contributed by atoms with Gasteiger partial charge >= 0.3 is 11.7 Å². The number of hydroxylamine groups is 1. The molecule has 3 aromatic heterocycles. The number of anilines is 1. The minimum Gasteiger partial charge on any atom is -0.482 e. The third-order valence-electron chi connectivity index (χ3n) is 6.57. The number of ether oxygens (including phenoxy) is 1. The first-order chi connectivity index (χ1) is 20.6. The first kappa shape index (κ1) is 29.2. The van der Waals surface area contributed by atoms with Crippen LogP contribution in [0.3, 0.4) is 0 Å². The summed E-state index contributed by atoms with van der Waals surface area (Å²) in [7, 11) is 6.32. The molecule has 5 rings (SSSR count). The molecule has 43 heavy (non-hydrogen) atoms. The number of carbonyl (C=O) groups is 1. The Labute approximate surface area is 242 Å². The van der Waals surface area contributed by atoms with E-state index in [0.29, 0.717) is 22.9 Å². The lowest BCUT2D eigenvalue weighted by Crippen LogP contribution is -2.39. The van der Waals surface area contributed by atoms with Crippen molar-refractivity contribution in [1.82, 2.24) is 34.3 Å². The second kappa shape index (κ2) is 11.9. The van der Waals surface area contributed by atoms with Crippen LogP contribution in [-0.2, 0) is 17.9 Å². The predicted octanol–water partition coefficient (Wildman–Crippen LogP) is 2.75. The Balaban J connectivity index is 1.78. The van der Waals surface area contributed by atoms with E-state index in [2.05, 4.69) is 25.7 Å². The van der Waals surface area contributed by atoms with E-state index in [1.807, 2.05) is 4.90 Å². The van der Waals surface area contributed by atoms with Crippen LogP contribution < -0.4 is 26.8 Å². The molecule has 13 nitrogen and oxygen atoms in total. The first-order valence-corrected chi connectivity index (χ1v) is 12.9. The number of benzene rings is 2. The van der Waals surface area contributed by atoms with Crippen LogP contribution in [0, 0.1) is 11.6 Å². The predicted molar refractivity (Wildman–Crippen MR) is 154 cm³/mol. The molecule has 0 spiro atoms. The number of nitrogens with zero attached hydrogens (tertiary/aromatic N) is 5. The number of amides is 2. The summed E-state index contributed by atoms with van der Waals surface area (Å²) < 4.78 is 38.2. The molecule has 0 unspecified atom stereocenters. The molecule has 224 valence electrons. The van der Waals surface area contributed by atoms with Gasteiger partial charge in [0.25, 0.3) is 5.56 Å². The fourth-order valence-electron chi connectivity index (χ4n) is 4.66. The summed E-state index contributed by atoms with van der Waals surface area (Å²) in [5.74, 6) is -1.31. The van der Waals surface area contributed by atoms with Crippen molar-refractivity contribution in [3.63, 3.8) is 0 Å². The first-order valence-electron chi connectivity index (χ1n) is 12.9. The van der Waals surface area contributed by atoms with Crippen molar-refractivity contribution in [2.45, 2.75) is 13.1 Å². The highest BCUT2D eigenvalue weighted by Gasteiger charge is 2.26. The zero-order valence-electron chi connectivity index (χ0n) is 23.6. The molecular weight excluding hydrogens is 566 g/mol. The maximum Gasteiger partial charge on any atom is 0.343 e. The monoisotopic (exact) mass is 594 g/mol. The van der Waals surface area contributed by atoms with E-state index >= 15 is 0 Å². The molecule has 15 heteroatoms. The lowest BCUT2D eigenvalue weighted by molar-refractivity contribution is 0.114. The molecule has 2 aromatic carbocycles. The summed E-state index contributed by atoms with van der Waals surface area (Å²) in [6.45, 7) is -0.329. The zero-order valence-corrected chi connectivity index (χ0v) is 23.6. The van der Waals surface area contributed by atoms with E-state index in [0.717, 1.165) is 21.3 Å². The van der Waals surface area contributed by atoms with Crippen LogP contribution in [0.4, 0.5) is 19.3 Å². The van der Waals surface area contributed by atoms with Crippen molar-refractivity contribution in [3.8, 4) is 17.4 Å². The van der Waals surface area contributed by atoms with Crippen molar-refractivity contribution in [1.29, 1.82) is 0 Å². The fraction of sp³-hybridized carbons (Fsp3) is 0.214. The van der Waals surface area contributed by atoms with Gasteiger partial charge in [0, 0.05) is 23.9 Å². The van der Waals surface area contributed by atoms with Crippen LogP contribution in [0.1, 0.15) is 11.3 Å². The van der Waals surface area contributed by atoms with Crippen molar-refractivity contribution >= 4 is 22.8 Å². The molecule has 0 radical (unpaired) electrons. The minimum atomic E-state index is -0.866. The second-order valence-electron chi connectivity index (χ2n) is 9.72. The zero-order chi connectivity index (χ0) is 30.8. The topological polar surface area (TPSA) is 140 Å². The number of hydrogen-bond acceptors (Lipinski definition) is 7. The largest absolute Gasteiger partial charge is 0.482 e. The van der Waals surface area contributed by atoms with Gasteiger partial charge in [0.2, 0.25) is 0 Å². The lowest BCUT2D eigenvalue weighted by atomic mass is 10.2. The van der Waals surface area contributed by atoms with Crippen molar-refractivity contribution in [2.75, 3.05) is 33.6 Å². The van der Waals surface area contributed by atoms with E-state index < -0.39 is 35.5 Å². The SMILES string of the molecule is CONC(=O)Nc1ccc(-n2nc3c(c2CN(C)C)c(=O)n(-c2ccc(OC)[nH]2)c(=O)n3Cc2c(F)cccc2F)cc1. The van der Waals surface area contributed by atoms with Crippen LogP contribution in [0.2, 0.25) is 0 Å². The highest BCUT2D eigenvalue weighted by molar-refractivity contribution is 5.88. The molecule has 2 amide bonds. The van der Waals surface area contributed by atoms with E-state index in [1.54, 1.807) is 44.4 Å². The molecule has 3 N–H and O–H groups in total. The number of aromatic amines is 1. The van der Waals surface area contributed by atoms with Gasteiger partial charge in [-0.3, -0.25) is 14.2 Å². The van der Waals surface area contributed by atoms with Crippen LogP contribution in [0.5, 0.6) is 5.88 Å². The third-order valence-corrected chi connectivity index (χ3v) is 6.57. The summed E-state index contributed by atoms with van der Waals surface area (Å²) in [6.07, 6.45) is 0. The second-order valence-corrected chi connectivity index (χ2v) is 9.72. The average Bonchev–Trinajstić information content (AvgIpc) is 3.58. The normalized spacial score (nSPS) is 11.3. The van der Waals surface area contributed by atoms with Crippen molar-refractivity contribution in [3.05, 3.63) is 98.3 Å². The van der Waals surface area contributed by atoms with Crippen LogP contribution in [0.25, 0.3) is 22.5 Å². The lowest BCUT2D eigenvalue weighted by Gasteiger charge is -2.14. The smallest absolute Gasteiger partial charge is 0.343 e. The molecule has 5 aromatic rings. The van der Waals surface area contributed by atoms with Gasteiger partial charge in [-0.05, 0) is 56.6 Å². The van der Waals surface area contributed by atoms with Crippen LogP contribution in [0.15, 0.2) is 64.2 Å². The number of nitrogens with one attached hydrogen (secondary N) is 3. The minimum absolute atomic E-state index is 0.0639. The van der Waals surface area contributed by atoms with Crippen molar-refractivity contribution in [2.24, 2.45) is 0 Å². The molecule has 0 aliphatic rings. The Morgan fingerprint density at radius 1 is 1.02 bits per heavy atom. The molecule has 0 aliphatic heterocycles. The molecular formula is C28H28F2N8O5. The van der Waals surface area contributed by atoms with Crippen LogP contribution in [-0.4, -0.2) is 63.1 Å². The Kier molecular flexibility index (Phi) is 8.09. The number of urea groups is 1. The standard InChI is InChI=1S/C28H28F2N8O5/c1-35(2)15-21-24-25(33-38(21)17-10-8-16(9-11-17)31-27(40)34-43-4)36(14-18-19(29)6-5-7-20(18)30)28(41)37(26(24)39)22-12-13-23(32-22)42-3/h5-13,32H,14-15H2,1-4H3,(H2,31,34,40). The molecule has 0 saturated heterocycles. The van der Waals surface area contributed by atoms with Gasteiger partial charge in [-0.2, -0.15) is 0 Å². The molecule has 0 fully saturated rings. The number of methoxy groups -OCH3 is 1. The molecule has 0 atom stereocenters. The van der Waals surface area contributed by atoms with Gasteiger partial charge in [-0.25, -0.2) is 33.1 Å². The molecule has 3 heterocycles. The third kappa shape index (κ3) is 5.62. The number of H-pyrrole nitrogens is 1. The molecule has 0 saturated carbocycles. The van der Waals surface area contributed by atoms with E-state index in [9.17, 15) is 23.2 Å². The fourth-order valence-corrected chi connectivity index (χ4v) is 4.66. The van der Waals surface area contributed by atoms with Gasteiger partial charge in [0.1, 0.15) is 22.8 Å². The summed E-state index contributed by atoms with van der Waals surface area (Å²) in [5, 5.41) is 7.29. The highest BCUT2D eigenvalue weighted by atomic mass is 19.1. The van der Waals surface area contributed by atoms with Crippen LogP contribution >= 0.6 is 0 Å². The summed E-state index contributed by atoms with van der Waals surface area (Å²) in [6, 6.07) is 12.4. The Bertz CT molecular complexity index is 1900. The number of hydrogen-bond donors (Lipinski definition) is 3. The maximum atomic E-state index is 14.8. The number of rotatable bonds is 9. The average molecular weight is 595 g/mol. The maximum absolute atomic E-state index is 14.8. The van der Waals surface area contributed by atoms with Gasteiger partial charge < -0.3 is 19.9 Å². The Hall–Kier alpha value is -5.28. The van der Waals surface area contributed by atoms with Gasteiger partial charge in [0.15, 0.2) is 11.5 Å². The van der Waals surface area contributed by atoms with E-state index in [4.69, 9.17) is 4.74 Å². The quantitative estimate of drug-likeness (QED) is 0.223.